The fourth-order valence-corrected chi connectivity index (χ4v) is 4.56. The van der Waals surface area contributed by atoms with E-state index in [2.05, 4.69) is 10.3 Å². The van der Waals surface area contributed by atoms with Crippen LogP contribution in [0.2, 0.25) is 0 Å². The molecule has 0 radical (unpaired) electrons. The molecule has 3 rings (SSSR count). The number of sulfonamides is 1. The van der Waals surface area contributed by atoms with Crippen molar-refractivity contribution in [3.63, 3.8) is 0 Å². The summed E-state index contributed by atoms with van der Waals surface area (Å²) in [7, 11) is 0.377. The highest BCUT2D eigenvalue weighted by Crippen LogP contribution is 2.27. The number of nitrogens with one attached hydrogen (secondary N) is 1. The van der Waals surface area contributed by atoms with Gasteiger partial charge in [0.25, 0.3) is 5.91 Å². The third kappa shape index (κ3) is 5.00. The molecule has 1 aliphatic rings. The Kier molecular flexibility index (Phi) is 6.99. The van der Waals surface area contributed by atoms with Crippen LogP contribution >= 0.6 is 0 Å². The topological polar surface area (TPSA) is 135 Å². The number of pyridine rings is 1. The molecule has 0 aliphatic carbocycles. The van der Waals surface area contributed by atoms with E-state index in [9.17, 15) is 18.0 Å². The van der Waals surface area contributed by atoms with Gasteiger partial charge < -0.3 is 20.7 Å². The number of aromatic nitrogens is 1. The number of amides is 2. The molecule has 1 aliphatic heterocycles. The zero-order chi connectivity index (χ0) is 23.5. The van der Waals surface area contributed by atoms with Crippen LogP contribution in [0, 0.1) is 5.92 Å². The smallest absolute Gasteiger partial charge is 0.255 e. The number of rotatable bonds is 7. The van der Waals surface area contributed by atoms with Gasteiger partial charge >= 0.3 is 0 Å². The zero-order valence-electron chi connectivity index (χ0n) is 18.2. The first-order valence-corrected chi connectivity index (χ1v) is 11.5. The van der Waals surface area contributed by atoms with Crippen LogP contribution in [0.4, 0.5) is 11.5 Å². The van der Waals surface area contributed by atoms with Crippen molar-refractivity contribution in [2.24, 2.45) is 11.7 Å². The van der Waals surface area contributed by atoms with E-state index >= 15 is 0 Å². The summed E-state index contributed by atoms with van der Waals surface area (Å²) < 4.78 is 31.3. The second-order valence-corrected chi connectivity index (χ2v) is 9.82. The molecule has 1 unspecified atom stereocenters. The zero-order valence-corrected chi connectivity index (χ0v) is 19.1. The lowest BCUT2D eigenvalue weighted by molar-refractivity contribution is -0.122. The minimum atomic E-state index is -3.80. The Morgan fingerprint density at radius 1 is 1.25 bits per heavy atom. The SMILES string of the molecule is COc1ccc(C(=O)Nc2ccc(N3CCCC(C(N)=O)C3)nc2)cc1S(=O)(=O)N(C)C. The Morgan fingerprint density at radius 3 is 2.59 bits per heavy atom. The number of methoxy groups -OCH3 is 1. The van der Waals surface area contributed by atoms with Gasteiger partial charge in [-0.3, -0.25) is 9.59 Å². The number of nitrogens with two attached hydrogens (primary N) is 1. The first-order chi connectivity index (χ1) is 15.1. The summed E-state index contributed by atoms with van der Waals surface area (Å²) >= 11 is 0. The summed E-state index contributed by atoms with van der Waals surface area (Å²) in [5.41, 5.74) is 6.05. The molecular formula is C21H27N5O5S. The minimum Gasteiger partial charge on any atom is -0.495 e. The molecule has 0 bridgehead atoms. The fourth-order valence-electron chi connectivity index (χ4n) is 3.48. The van der Waals surface area contributed by atoms with E-state index in [4.69, 9.17) is 10.5 Å². The molecule has 2 aromatic rings. The molecule has 1 fully saturated rings. The van der Waals surface area contributed by atoms with Gasteiger partial charge in [0.2, 0.25) is 15.9 Å². The lowest BCUT2D eigenvalue weighted by Crippen LogP contribution is -2.41. The van der Waals surface area contributed by atoms with Crippen LogP contribution in [-0.4, -0.2) is 63.8 Å². The average Bonchev–Trinajstić information content (AvgIpc) is 2.79. The number of piperidine rings is 1. The molecule has 172 valence electrons. The quantitative estimate of drug-likeness (QED) is 0.634. The number of hydrogen-bond donors (Lipinski definition) is 2. The van der Waals surface area contributed by atoms with E-state index < -0.39 is 15.9 Å². The van der Waals surface area contributed by atoms with Crippen molar-refractivity contribution >= 4 is 33.3 Å². The highest BCUT2D eigenvalue weighted by atomic mass is 32.2. The average molecular weight is 462 g/mol. The number of primary amides is 1. The number of benzene rings is 1. The van der Waals surface area contributed by atoms with E-state index in [1.165, 1.54) is 45.6 Å². The van der Waals surface area contributed by atoms with Gasteiger partial charge in [0.05, 0.1) is 24.9 Å². The molecular weight excluding hydrogens is 434 g/mol. The Bertz CT molecular complexity index is 1100. The summed E-state index contributed by atoms with van der Waals surface area (Å²) in [6, 6.07) is 7.67. The molecule has 2 amide bonds. The van der Waals surface area contributed by atoms with E-state index in [0.717, 1.165) is 23.7 Å². The first-order valence-electron chi connectivity index (χ1n) is 10.1. The second-order valence-electron chi connectivity index (χ2n) is 7.70. The third-order valence-electron chi connectivity index (χ3n) is 5.34. The molecule has 32 heavy (non-hydrogen) atoms. The molecule has 11 heteroatoms. The van der Waals surface area contributed by atoms with Crippen LogP contribution < -0.4 is 20.7 Å². The van der Waals surface area contributed by atoms with Gasteiger partial charge in [-0.2, -0.15) is 0 Å². The lowest BCUT2D eigenvalue weighted by atomic mass is 9.97. The van der Waals surface area contributed by atoms with Crippen molar-refractivity contribution in [1.82, 2.24) is 9.29 Å². The van der Waals surface area contributed by atoms with Crippen molar-refractivity contribution in [2.75, 3.05) is 44.5 Å². The van der Waals surface area contributed by atoms with Crippen molar-refractivity contribution in [2.45, 2.75) is 17.7 Å². The number of hydrogen-bond acceptors (Lipinski definition) is 7. The summed E-state index contributed by atoms with van der Waals surface area (Å²) in [4.78, 5) is 30.5. The van der Waals surface area contributed by atoms with Gasteiger partial charge in [0.1, 0.15) is 16.5 Å². The summed E-state index contributed by atoms with van der Waals surface area (Å²) in [5, 5.41) is 2.72. The van der Waals surface area contributed by atoms with Crippen molar-refractivity contribution < 1.29 is 22.7 Å². The van der Waals surface area contributed by atoms with E-state index in [0.29, 0.717) is 18.1 Å². The van der Waals surface area contributed by atoms with Crippen molar-refractivity contribution in [1.29, 1.82) is 0 Å². The Hall–Kier alpha value is -3.18. The van der Waals surface area contributed by atoms with Crippen LogP contribution in [0.1, 0.15) is 23.2 Å². The molecule has 2 heterocycles. The van der Waals surface area contributed by atoms with E-state index in [1.807, 2.05) is 4.90 Å². The Morgan fingerprint density at radius 2 is 2.00 bits per heavy atom. The van der Waals surface area contributed by atoms with Crippen LogP contribution in [0.25, 0.3) is 0 Å². The van der Waals surface area contributed by atoms with Crippen LogP contribution in [0.15, 0.2) is 41.4 Å². The predicted octanol–water partition coefficient (Wildman–Crippen LogP) is 1.29. The highest BCUT2D eigenvalue weighted by Gasteiger charge is 2.25. The highest BCUT2D eigenvalue weighted by molar-refractivity contribution is 7.89. The standard InChI is InChI=1S/C21H27N5O5S/c1-25(2)32(29,30)18-11-14(6-8-17(18)31-3)21(28)24-16-7-9-19(23-12-16)26-10-4-5-15(13-26)20(22)27/h6-9,11-12,15H,4-5,10,13H2,1-3H3,(H2,22,27)(H,24,28). The van der Waals surface area contributed by atoms with Gasteiger partial charge in [-0.15, -0.1) is 0 Å². The van der Waals surface area contributed by atoms with Crippen molar-refractivity contribution in [3.05, 3.63) is 42.1 Å². The Labute approximate surface area is 187 Å². The minimum absolute atomic E-state index is 0.0970. The van der Waals surface area contributed by atoms with Gasteiger partial charge in [0, 0.05) is 32.7 Å². The maximum atomic E-state index is 12.7. The third-order valence-corrected chi connectivity index (χ3v) is 7.17. The summed E-state index contributed by atoms with van der Waals surface area (Å²) in [6.07, 6.45) is 3.14. The maximum Gasteiger partial charge on any atom is 0.255 e. The van der Waals surface area contributed by atoms with Gasteiger partial charge in [-0.25, -0.2) is 17.7 Å². The van der Waals surface area contributed by atoms with Gasteiger partial charge in [-0.05, 0) is 43.2 Å². The molecule has 1 aromatic heterocycles. The molecule has 3 N–H and O–H groups in total. The molecule has 0 spiro atoms. The van der Waals surface area contributed by atoms with Crippen LogP contribution in [-0.2, 0) is 14.8 Å². The lowest BCUT2D eigenvalue weighted by Gasteiger charge is -2.32. The Balaban J connectivity index is 1.76. The number of anilines is 2. The second kappa shape index (κ2) is 9.53. The monoisotopic (exact) mass is 461 g/mol. The molecule has 10 nitrogen and oxygen atoms in total. The number of ether oxygens (including phenoxy) is 1. The maximum absolute atomic E-state index is 12.7. The number of carbonyl (C=O) groups excluding carboxylic acids is 2. The normalized spacial score (nSPS) is 16.6. The van der Waals surface area contributed by atoms with Crippen LogP contribution in [0.5, 0.6) is 5.75 Å². The molecule has 1 aromatic carbocycles. The van der Waals surface area contributed by atoms with E-state index in [1.54, 1.807) is 12.1 Å². The van der Waals surface area contributed by atoms with E-state index in [-0.39, 0.29) is 28.0 Å². The molecule has 0 saturated carbocycles. The predicted molar refractivity (Wildman–Crippen MR) is 120 cm³/mol. The van der Waals surface area contributed by atoms with Crippen LogP contribution in [0.3, 0.4) is 0 Å². The molecule has 1 saturated heterocycles. The number of nitrogens with zero attached hydrogens (tertiary/aromatic N) is 3. The first kappa shape index (κ1) is 23.5. The molecule has 1 atom stereocenters. The summed E-state index contributed by atoms with van der Waals surface area (Å²) in [5.74, 6) is -0.152. The summed E-state index contributed by atoms with van der Waals surface area (Å²) in [6.45, 7) is 1.29. The largest absolute Gasteiger partial charge is 0.495 e. The van der Waals surface area contributed by atoms with Gasteiger partial charge in [0.15, 0.2) is 0 Å². The fraction of sp³-hybridized carbons (Fsp3) is 0.381. The number of carbonyl (C=O) groups is 2. The van der Waals surface area contributed by atoms with Crippen molar-refractivity contribution in [3.8, 4) is 5.75 Å². The van der Waals surface area contributed by atoms with Gasteiger partial charge in [-0.1, -0.05) is 0 Å².